The SMILES string of the molecule is [2H]c1c([2H])c([2H])c(-c2c([2H])c([2H])c3c(-c4c([2H])c([2H])c(-c5c([2H])c([2H])c6c([2H])c([2H])c([2H])c([2H])c6c5[2H])c([2H])c4[2H])c4c([2H])c([2H])c([2H])c([2H])c4c(-c4c([2H])c([2H])c([2H])c5c([2H])c([2H])c([2H])c([2H])c45)c3c2[2H])c([2H])c1[2H].c1ccc(-c2ccc3c(-c4ccc5oc6ccccc6c5c4)c4ccccc4c(-c4ccccc4)c3c2)cc1.c1ccc(-c2ccc3oc4ccc(-c5c6ccccc6c(-c6ccccc6)c6ccccc56)cc4c3c2)cc1. The van der Waals surface area contributed by atoms with E-state index in [0.717, 1.165) is 43.9 Å². The number of benzene rings is 23. The molecule has 0 unspecified atom stereocenters. The van der Waals surface area contributed by atoms with Crippen molar-refractivity contribution in [2.45, 2.75) is 0 Å². The van der Waals surface area contributed by atoms with Gasteiger partial charge in [-0.1, -0.05) is 412 Å². The fourth-order valence-corrected chi connectivity index (χ4v) is 17.4. The van der Waals surface area contributed by atoms with Crippen LogP contribution in [-0.2, 0) is 0 Å². The quantitative estimate of drug-likeness (QED) is 0.128. The second kappa shape index (κ2) is 31.1. The van der Waals surface area contributed by atoms with Gasteiger partial charge in [0.1, 0.15) is 22.3 Å². The zero-order valence-corrected chi connectivity index (χ0v) is 65.5. The van der Waals surface area contributed by atoms with Crippen molar-refractivity contribution in [3.63, 3.8) is 0 Å². The summed E-state index contributed by atoms with van der Waals surface area (Å²) in [5, 5.41) is 8.59. The number of rotatable bonds is 10. The molecule has 0 atom stereocenters. The first kappa shape index (κ1) is 48.1. The fraction of sp³-hybridized carbons (Fsp3) is 0. The lowest BCUT2D eigenvalue weighted by Gasteiger charge is -2.20. The molecule has 0 aliphatic carbocycles. The van der Waals surface area contributed by atoms with Crippen LogP contribution in [0.2, 0.25) is 0 Å². The second-order valence-electron chi connectivity index (χ2n) is 29.9. The highest BCUT2D eigenvalue weighted by atomic mass is 16.3. The Morgan fingerprint density at radius 2 is 0.492 bits per heavy atom. The highest BCUT2D eigenvalue weighted by molar-refractivity contribution is 6.27. The fourth-order valence-electron chi connectivity index (χ4n) is 17.4. The van der Waals surface area contributed by atoms with Crippen molar-refractivity contribution in [1.29, 1.82) is 0 Å². The van der Waals surface area contributed by atoms with E-state index in [9.17, 15) is 13.7 Å². The Balaban J connectivity index is 0.000000138. The molecule has 2 heteroatoms. The smallest absolute Gasteiger partial charge is 0.135 e. The van der Waals surface area contributed by atoms with E-state index in [1.165, 1.54) is 110 Å². The number of hydrogen-bond acceptors (Lipinski definition) is 2. The Morgan fingerprint density at radius 3 is 1.06 bits per heavy atom. The van der Waals surface area contributed by atoms with Crippen LogP contribution in [0.5, 0.6) is 0 Å². The van der Waals surface area contributed by atoms with Crippen molar-refractivity contribution in [1.82, 2.24) is 0 Å². The van der Waals surface area contributed by atoms with Crippen LogP contribution in [-0.4, -0.2) is 0 Å². The standard InChI is InChI=1S/C46H30.2C38H24O/c1-2-11-31(12-3-1)38-27-28-43-44(30-38)46(40-20-10-16-34-14-6-7-17-39(34)40)42-19-9-8-18-41(42)45(43)35-24-21-33(22-25-35)37-26-23-32-13-4-5-15-36(32)29-37;1-3-11-25(12-4-1)27-19-21-35-33(23-27)34-24-28(20-22-36(34)39-35)38-31-17-9-7-15-29(31)37(26-13-5-2-6-14-26)30-16-8-10-18-32(30)38;1-3-11-25(12-4-1)27-19-21-32-34(23-27)37(26-13-5-2-6-14-26)30-16-7-8-17-31(30)38(32)28-20-22-36-33(24-28)29-15-9-10-18-35(29)39-36/h1-30H;2*1-24H/i1D,2D,3D,4D,5D,6D,7D,8D,9D,10D,11D,12D,13D,14D,15D,16D,17D,18D,19D,20D,21D,22D,23D,24D,25D,26D,27D,28D,29D,30D;;. The predicted octanol–water partition coefficient (Wildman–Crippen LogP) is 34.8. The average molecular weight is 1610 g/mol. The van der Waals surface area contributed by atoms with Crippen molar-refractivity contribution >= 4 is 130 Å². The molecule has 0 saturated heterocycles. The lowest BCUT2D eigenvalue weighted by molar-refractivity contribution is 0.668. The second-order valence-corrected chi connectivity index (χ2v) is 29.9. The van der Waals surface area contributed by atoms with Gasteiger partial charge in [0.15, 0.2) is 0 Å². The molecule has 25 aromatic rings. The third-order valence-electron chi connectivity index (χ3n) is 22.9. The molecule has 578 valence electrons. The summed E-state index contributed by atoms with van der Waals surface area (Å²) in [4.78, 5) is 0. The van der Waals surface area contributed by atoms with E-state index in [-0.39, 0.29) is 0 Å². The molecule has 0 N–H and O–H groups in total. The van der Waals surface area contributed by atoms with Gasteiger partial charge in [0.05, 0.1) is 41.1 Å². The summed E-state index contributed by atoms with van der Waals surface area (Å²) >= 11 is 0. The molecule has 0 bridgehead atoms. The van der Waals surface area contributed by atoms with Crippen LogP contribution >= 0.6 is 0 Å². The van der Waals surface area contributed by atoms with E-state index >= 15 is 0 Å². The number of furan rings is 2. The van der Waals surface area contributed by atoms with Crippen molar-refractivity contribution in [2.75, 3.05) is 0 Å². The molecule has 0 radical (unpaired) electrons. The topological polar surface area (TPSA) is 26.3 Å². The molecule has 0 aliphatic rings. The maximum absolute atomic E-state index is 10.0. The van der Waals surface area contributed by atoms with Gasteiger partial charge in [-0.05, 0) is 258 Å². The maximum atomic E-state index is 10.0. The van der Waals surface area contributed by atoms with Gasteiger partial charge in [0.2, 0.25) is 0 Å². The molecule has 0 saturated carbocycles. The monoisotopic (exact) mass is 1600 g/mol. The van der Waals surface area contributed by atoms with Crippen molar-refractivity contribution < 1.29 is 50.0 Å². The minimum atomic E-state index is -1.17. The number of hydrogen-bond donors (Lipinski definition) is 0. The summed E-state index contributed by atoms with van der Waals surface area (Å²) in [6, 6.07) is 74.1. The summed E-state index contributed by atoms with van der Waals surface area (Å²) in [6.07, 6.45) is 0. The molecular formula is C122H78O2. The van der Waals surface area contributed by atoms with Gasteiger partial charge in [0, 0.05) is 21.5 Å². The van der Waals surface area contributed by atoms with Crippen LogP contribution in [0.3, 0.4) is 0 Å². The van der Waals surface area contributed by atoms with Crippen LogP contribution in [0.15, 0.2) is 481 Å². The first-order valence-electron chi connectivity index (χ1n) is 55.2. The molecule has 124 heavy (non-hydrogen) atoms. The van der Waals surface area contributed by atoms with Gasteiger partial charge < -0.3 is 8.83 Å². The molecule has 2 heterocycles. The van der Waals surface area contributed by atoms with Crippen LogP contribution in [0, 0.1) is 0 Å². The van der Waals surface area contributed by atoms with E-state index < -0.39 is 269 Å². The van der Waals surface area contributed by atoms with Gasteiger partial charge >= 0.3 is 0 Å². The van der Waals surface area contributed by atoms with E-state index in [4.69, 9.17) is 36.2 Å². The van der Waals surface area contributed by atoms with E-state index in [1.54, 1.807) is 0 Å². The summed E-state index contributed by atoms with van der Waals surface area (Å²) < 4.78 is 282. The zero-order chi connectivity index (χ0) is 108. The molecule has 2 aromatic heterocycles. The Kier molecular flexibility index (Phi) is 12.1. The molecule has 0 spiro atoms. The number of fused-ring (bicyclic) bond motifs is 14. The lowest BCUT2D eigenvalue weighted by Crippen LogP contribution is -1.92. The van der Waals surface area contributed by atoms with Crippen LogP contribution in [0.1, 0.15) is 41.1 Å². The summed E-state index contributed by atoms with van der Waals surface area (Å²) in [6.45, 7) is 0. The van der Waals surface area contributed by atoms with E-state index in [2.05, 4.69) is 279 Å². The van der Waals surface area contributed by atoms with E-state index in [1.807, 2.05) is 12.1 Å². The summed E-state index contributed by atoms with van der Waals surface area (Å²) in [5.41, 5.74) is 11.5. The summed E-state index contributed by atoms with van der Waals surface area (Å²) in [7, 11) is 0. The van der Waals surface area contributed by atoms with Crippen LogP contribution in [0.25, 0.3) is 241 Å². The molecule has 0 amide bonds. The summed E-state index contributed by atoms with van der Waals surface area (Å²) in [5.74, 6) is 0. The van der Waals surface area contributed by atoms with Crippen LogP contribution < -0.4 is 0 Å². The first-order valence-corrected chi connectivity index (χ1v) is 40.2. The van der Waals surface area contributed by atoms with Crippen molar-refractivity contribution in [2.24, 2.45) is 0 Å². The van der Waals surface area contributed by atoms with Gasteiger partial charge in [0.25, 0.3) is 0 Å². The highest BCUT2D eigenvalue weighted by Crippen LogP contribution is 2.51. The third kappa shape index (κ3) is 13.0. The minimum absolute atomic E-state index is 0.568. The zero-order valence-electron chi connectivity index (χ0n) is 95.5. The Bertz CT molecular complexity index is 10300. The molecular weight excluding hydrogens is 1500 g/mol. The molecule has 0 aliphatic heterocycles. The van der Waals surface area contributed by atoms with Crippen molar-refractivity contribution in [3.8, 4) is 111 Å². The van der Waals surface area contributed by atoms with Gasteiger partial charge in [-0.3, -0.25) is 0 Å². The largest absolute Gasteiger partial charge is 0.456 e. The van der Waals surface area contributed by atoms with E-state index in [0.29, 0.717) is 0 Å². The Hall–Kier alpha value is -16.3. The van der Waals surface area contributed by atoms with Crippen LogP contribution in [0.4, 0.5) is 0 Å². The average Bonchev–Trinajstić information content (AvgIpc) is 0.896. The Morgan fingerprint density at radius 1 is 0.145 bits per heavy atom. The van der Waals surface area contributed by atoms with Gasteiger partial charge in [-0.2, -0.15) is 0 Å². The first-order chi connectivity index (χ1) is 74.0. The molecule has 23 aromatic carbocycles. The molecule has 0 fully saturated rings. The highest BCUT2D eigenvalue weighted by Gasteiger charge is 2.24. The number of para-hydroxylation sites is 1. The molecule has 2 nitrogen and oxygen atoms in total. The maximum Gasteiger partial charge on any atom is 0.135 e. The lowest BCUT2D eigenvalue weighted by atomic mass is 9.83. The predicted molar refractivity (Wildman–Crippen MR) is 528 cm³/mol. The van der Waals surface area contributed by atoms with Gasteiger partial charge in [-0.25, -0.2) is 0 Å². The minimum Gasteiger partial charge on any atom is -0.456 e. The normalized spacial score (nSPS) is 14.9. The Labute approximate surface area is 760 Å². The third-order valence-corrected chi connectivity index (χ3v) is 22.9. The molecule has 25 rings (SSSR count). The van der Waals surface area contributed by atoms with Crippen molar-refractivity contribution in [3.05, 3.63) is 472 Å². The van der Waals surface area contributed by atoms with Gasteiger partial charge in [-0.15, -0.1) is 0 Å².